The predicted octanol–water partition coefficient (Wildman–Crippen LogP) is 4.62. The number of carboxylic acids is 1. The first-order valence-electron chi connectivity index (χ1n) is 7.49. The van der Waals surface area contributed by atoms with Crippen LogP contribution in [0.2, 0.25) is 5.02 Å². The van der Waals surface area contributed by atoms with Crippen LogP contribution in [0.3, 0.4) is 0 Å². The van der Waals surface area contributed by atoms with Crippen molar-refractivity contribution in [3.05, 3.63) is 70.9 Å². The number of nitrogens with zero attached hydrogens (tertiary/aromatic N) is 2. The van der Waals surface area contributed by atoms with E-state index < -0.39 is 5.97 Å². The molecule has 0 aliphatic heterocycles. The van der Waals surface area contributed by atoms with Gasteiger partial charge in [-0.2, -0.15) is 4.98 Å². The van der Waals surface area contributed by atoms with Crippen LogP contribution in [0.1, 0.15) is 15.9 Å². The van der Waals surface area contributed by atoms with Crippen molar-refractivity contribution < 1.29 is 9.90 Å². The molecule has 126 valence electrons. The molecule has 0 spiro atoms. The van der Waals surface area contributed by atoms with Gasteiger partial charge in [0.25, 0.3) is 0 Å². The first kappa shape index (κ1) is 16.7. The molecule has 3 N–H and O–H groups in total. The fourth-order valence-corrected chi connectivity index (χ4v) is 2.44. The van der Waals surface area contributed by atoms with Crippen LogP contribution in [0.4, 0.5) is 23.1 Å². The quantitative estimate of drug-likeness (QED) is 0.619. The third kappa shape index (κ3) is 3.87. The molecule has 0 saturated carbocycles. The average molecular weight is 355 g/mol. The zero-order valence-electron chi connectivity index (χ0n) is 13.3. The van der Waals surface area contributed by atoms with E-state index in [1.807, 2.05) is 25.1 Å². The molecule has 0 amide bonds. The Morgan fingerprint density at radius 2 is 1.80 bits per heavy atom. The first-order chi connectivity index (χ1) is 12.0. The van der Waals surface area contributed by atoms with Crippen molar-refractivity contribution >= 4 is 40.7 Å². The molecule has 1 heterocycles. The maximum atomic E-state index is 11.3. The Morgan fingerprint density at radius 3 is 2.60 bits per heavy atom. The summed E-state index contributed by atoms with van der Waals surface area (Å²) in [5.74, 6) is -0.154. The fourth-order valence-electron chi connectivity index (χ4n) is 2.27. The summed E-state index contributed by atoms with van der Waals surface area (Å²) in [4.78, 5) is 19.8. The van der Waals surface area contributed by atoms with Crippen LogP contribution in [0.15, 0.2) is 54.7 Å². The number of hydrogen-bond acceptors (Lipinski definition) is 5. The Morgan fingerprint density at radius 1 is 1.04 bits per heavy atom. The van der Waals surface area contributed by atoms with Crippen molar-refractivity contribution in [2.45, 2.75) is 6.92 Å². The van der Waals surface area contributed by atoms with E-state index in [1.165, 1.54) is 6.07 Å². The van der Waals surface area contributed by atoms with E-state index >= 15 is 0 Å². The highest BCUT2D eigenvalue weighted by atomic mass is 35.5. The average Bonchev–Trinajstić information content (AvgIpc) is 2.60. The Hall–Kier alpha value is -3.12. The molecular formula is C18H15ClN4O2. The molecule has 6 nitrogen and oxygen atoms in total. The van der Waals surface area contributed by atoms with Crippen LogP contribution in [-0.4, -0.2) is 21.0 Å². The molecule has 0 saturated heterocycles. The van der Waals surface area contributed by atoms with Gasteiger partial charge in [-0.1, -0.05) is 29.8 Å². The van der Waals surface area contributed by atoms with E-state index in [0.29, 0.717) is 22.5 Å². The minimum Gasteiger partial charge on any atom is -0.478 e. The predicted molar refractivity (Wildman–Crippen MR) is 98.2 cm³/mol. The van der Waals surface area contributed by atoms with Gasteiger partial charge in [0, 0.05) is 16.9 Å². The number of rotatable bonds is 5. The highest BCUT2D eigenvalue weighted by Gasteiger charge is 2.10. The van der Waals surface area contributed by atoms with Crippen LogP contribution in [0.25, 0.3) is 0 Å². The van der Waals surface area contributed by atoms with Crippen molar-refractivity contribution in [3.8, 4) is 0 Å². The van der Waals surface area contributed by atoms with E-state index in [2.05, 4.69) is 20.6 Å². The zero-order valence-corrected chi connectivity index (χ0v) is 14.1. The number of carboxylic acid groups (broad SMARTS) is 1. The lowest BCUT2D eigenvalue weighted by atomic mass is 10.2. The second-order valence-corrected chi connectivity index (χ2v) is 5.69. The molecule has 0 bridgehead atoms. The van der Waals surface area contributed by atoms with Crippen LogP contribution in [0, 0.1) is 6.92 Å². The summed E-state index contributed by atoms with van der Waals surface area (Å²) in [5.41, 5.74) is 2.32. The number of halogens is 1. The number of para-hydroxylation sites is 1. The third-order valence-corrected chi connectivity index (χ3v) is 4.00. The van der Waals surface area contributed by atoms with E-state index in [0.717, 1.165) is 11.3 Å². The van der Waals surface area contributed by atoms with Gasteiger partial charge >= 0.3 is 5.97 Å². The minimum atomic E-state index is -1.01. The SMILES string of the molecule is Cc1c(Cl)cccc1Nc1nccc(Nc2ccccc2C(=O)O)n1. The van der Waals surface area contributed by atoms with Crippen LogP contribution >= 0.6 is 11.6 Å². The molecule has 0 fully saturated rings. The second kappa shape index (κ2) is 7.19. The number of anilines is 4. The Labute approximate surface area is 149 Å². The van der Waals surface area contributed by atoms with E-state index in [9.17, 15) is 9.90 Å². The highest BCUT2D eigenvalue weighted by Crippen LogP contribution is 2.26. The summed E-state index contributed by atoms with van der Waals surface area (Å²) in [7, 11) is 0. The van der Waals surface area contributed by atoms with Crippen molar-refractivity contribution in [2.75, 3.05) is 10.6 Å². The molecule has 3 aromatic rings. The Balaban J connectivity index is 1.85. The number of nitrogens with one attached hydrogen (secondary N) is 2. The van der Waals surface area contributed by atoms with Gasteiger partial charge in [-0.3, -0.25) is 0 Å². The van der Waals surface area contributed by atoms with Gasteiger partial charge in [0.05, 0.1) is 11.3 Å². The largest absolute Gasteiger partial charge is 0.478 e. The molecule has 0 aliphatic carbocycles. The molecular weight excluding hydrogens is 340 g/mol. The van der Waals surface area contributed by atoms with Crippen molar-refractivity contribution in [3.63, 3.8) is 0 Å². The topological polar surface area (TPSA) is 87.1 Å². The molecule has 0 aliphatic rings. The van der Waals surface area contributed by atoms with Crippen LogP contribution < -0.4 is 10.6 Å². The smallest absolute Gasteiger partial charge is 0.337 e. The standard InChI is InChI=1S/C18H15ClN4O2/c1-11-13(19)6-4-8-14(11)22-18-20-10-9-16(23-18)21-15-7-3-2-5-12(15)17(24)25/h2-10H,1H3,(H,24,25)(H2,20,21,22,23). The second-order valence-electron chi connectivity index (χ2n) is 5.28. The summed E-state index contributed by atoms with van der Waals surface area (Å²) < 4.78 is 0. The number of hydrogen-bond donors (Lipinski definition) is 3. The maximum absolute atomic E-state index is 11.3. The van der Waals surface area contributed by atoms with Gasteiger partial charge in [-0.25, -0.2) is 9.78 Å². The third-order valence-electron chi connectivity index (χ3n) is 3.59. The minimum absolute atomic E-state index is 0.168. The van der Waals surface area contributed by atoms with Crippen molar-refractivity contribution in [2.24, 2.45) is 0 Å². The summed E-state index contributed by atoms with van der Waals surface area (Å²) in [6.45, 7) is 1.90. The van der Waals surface area contributed by atoms with Crippen molar-refractivity contribution in [1.29, 1.82) is 0 Å². The van der Waals surface area contributed by atoms with Crippen molar-refractivity contribution in [1.82, 2.24) is 9.97 Å². The molecule has 7 heteroatoms. The Bertz CT molecular complexity index is 930. The molecule has 0 unspecified atom stereocenters. The number of aromatic carboxylic acids is 1. The molecule has 25 heavy (non-hydrogen) atoms. The zero-order chi connectivity index (χ0) is 17.8. The summed E-state index contributed by atoms with van der Waals surface area (Å²) in [5, 5.41) is 16.0. The lowest BCUT2D eigenvalue weighted by Crippen LogP contribution is -2.05. The Kier molecular flexibility index (Phi) is 4.81. The van der Waals surface area contributed by atoms with Gasteiger partial charge in [-0.15, -0.1) is 0 Å². The number of benzene rings is 2. The van der Waals surface area contributed by atoms with Gasteiger partial charge in [0.2, 0.25) is 5.95 Å². The highest BCUT2D eigenvalue weighted by molar-refractivity contribution is 6.31. The number of aromatic nitrogens is 2. The van der Waals surface area contributed by atoms with Gasteiger partial charge < -0.3 is 15.7 Å². The van der Waals surface area contributed by atoms with E-state index in [4.69, 9.17) is 11.6 Å². The van der Waals surface area contributed by atoms with Crippen LogP contribution in [0.5, 0.6) is 0 Å². The van der Waals surface area contributed by atoms with E-state index in [-0.39, 0.29) is 5.56 Å². The molecule has 1 aromatic heterocycles. The van der Waals surface area contributed by atoms with Gasteiger partial charge in [0.15, 0.2) is 0 Å². The molecule has 3 rings (SSSR count). The monoisotopic (exact) mass is 354 g/mol. The first-order valence-corrected chi connectivity index (χ1v) is 7.87. The maximum Gasteiger partial charge on any atom is 0.337 e. The summed E-state index contributed by atoms with van der Waals surface area (Å²) in [6.07, 6.45) is 1.58. The van der Waals surface area contributed by atoms with Gasteiger partial charge in [0.1, 0.15) is 5.82 Å². The lowest BCUT2D eigenvalue weighted by Gasteiger charge is -2.12. The summed E-state index contributed by atoms with van der Waals surface area (Å²) in [6, 6.07) is 13.8. The molecule has 0 atom stereocenters. The fraction of sp³-hybridized carbons (Fsp3) is 0.0556. The van der Waals surface area contributed by atoms with Crippen LogP contribution in [-0.2, 0) is 0 Å². The lowest BCUT2D eigenvalue weighted by molar-refractivity contribution is 0.0698. The molecule has 2 aromatic carbocycles. The normalized spacial score (nSPS) is 10.3. The number of carbonyl (C=O) groups is 1. The van der Waals surface area contributed by atoms with Gasteiger partial charge in [-0.05, 0) is 42.8 Å². The summed E-state index contributed by atoms with van der Waals surface area (Å²) >= 11 is 6.12. The molecule has 0 radical (unpaired) electrons. The van der Waals surface area contributed by atoms with E-state index in [1.54, 1.807) is 30.5 Å².